The molecule has 6 heteroatoms. The third-order valence-electron chi connectivity index (χ3n) is 4.32. The highest BCUT2D eigenvalue weighted by molar-refractivity contribution is 14.0. The summed E-state index contributed by atoms with van der Waals surface area (Å²) in [5.41, 5.74) is 3.31. The van der Waals surface area contributed by atoms with Crippen LogP contribution in [0.1, 0.15) is 30.5 Å². The molecule has 0 amide bonds. The number of nitrogens with zero attached hydrogens (tertiary/aromatic N) is 1. The van der Waals surface area contributed by atoms with Crippen LogP contribution in [-0.2, 0) is 29.2 Å². The van der Waals surface area contributed by atoms with Gasteiger partial charge in [-0.15, -0.1) is 24.0 Å². The molecular formula is C22H32IN3O2. The van der Waals surface area contributed by atoms with Crippen molar-refractivity contribution in [3.63, 3.8) is 0 Å². The Morgan fingerprint density at radius 2 is 1.46 bits per heavy atom. The molecule has 2 rings (SSSR count). The monoisotopic (exact) mass is 497 g/mol. The van der Waals surface area contributed by atoms with Crippen LogP contribution in [0.4, 0.5) is 0 Å². The number of aliphatic imine (C=N–C) groups is 1. The van der Waals surface area contributed by atoms with Crippen molar-refractivity contribution in [1.82, 2.24) is 10.6 Å². The van der Waals surface area contributed by atoms with E-state index in [-0.39, 0.29) is 29.6 Å². The first-order valence-corrected chi connectivity index (χ1v) is 9.21. The van der Waals surface area contributed by atoms with Crippen LogP contribution < -0.4 is 10.6 Å². The molecule has 5 nitrogen and oxygen atoms in total. The van der Waals surface area contributed by atoms with E-state index in [9.17, 15) is 0 Å². The lowest BCUT2D eigenvalue weighted by Gasteiger charge is -2.24. The zero-order valence-electron chi connectivity index (χ0n) is 17.2. The van der Waals surface area contributed by atoms with E-state index in [4.69, 9.17) is 9.47 Å². The van der Waals surface area contributed by atoms with Crippen molar-refractivity contribution in [3.8, 4) is 0 Å². The van der Waals surface area contributed by atoms with Crippen LogP contribution in [0.2, 0.25) is 0 Å². The van der Waals surface area contributed by atoms with Crippen molar-refractivity contribution in [2.24, 2.45) is 4.99 Å². The second kappa shape index (κ2) is 12.7. The highest BCUT2D eigenvalue weighted by Gasteiger charge is 2.16. The summed E-state index contributed by atoms with van der Waals surface area (Å²) in [6.45, 7) is 6.69. The van der Waals surface area contributed by atoms with Gasteiger partial charge in [0.05, 0.1) is 18.8 Å². The lowest BCUT2D eigenvalue weighted by molar-refractivity contribution is 0.0268. The van der Waals surface area contributed by atoms with Gasteiger partial charge in [-0.3, -0.25) is 4.99 Å². The van der Waals surface area contributed by atoms with Gasteiger partial charge in [0.15, 0.2) is 5.96 Å². The molecule has 0 atom stereocenters. The minimum absolute atomic E-state index is 0. The molecule has 0 aliphatic heterocycles. The van der Waals surface area contributed by atoms with Crippen LogP contribution in [-0.4, -0.2) is 32.3 Å². The van der Waals surface area contributed by atoms with Crippen molar-refractivity contribution in [3.05, 3.63) is 71.3 Å². The van der Waals surface area contributed by atoms with Crippen molar-refractivity contribution in [2.75, 3.05) is 20.7 Å². The van der Waals surface area contributed by atoms with Crippen LogP contribution in [0.3, 0.4) is 0 Å². The number of rotatable bonds is 9. The van der Waals surface area contributed by atoms with Crippen molar-refractivity contribution < 1.29 is 9.47 Å². The van der Waals surface area contributed by atoms with Crippen LogP contribution in [0.5, 0.6) is 0 Å². The number of halogens is 1. The van der Waals surface area contributed by atoms with E-state index in [2.05, 4.69) is 52.0 Å². The first-order chi connectivity index (χ1) is 13.0. The molecule has 0 unspecified atom stereocenters. The van der Waals surface area contributed by atoms with Gasteiger partial charge >= 0.3 is 0 Å². The van der Waals surface area contributed by atoms with E-state index in [0.717, 1.165) is 5.96 Å². The van der Waals surface area contributed by atoms with Crippen LogP contribution in [0, 0.1) is 0 Å². The molecule has 0 aliphatic rings. The predicted molar refractivity (Wildman–Crippen MR) is 126 cm³/mol. The summed E-state index contributed by atoms with van der Waals surface area (Å²) < 4.78 is 11.2. The van der Waals surface area contributed by atoms with Crippen molar-refractivity contribution in [2.45, 2.75) is 39.2 Å². The maximum atomic E-state index is 5.78. The summed E-state index contributed by atoms with van der Waals surface area (Å²) in [5, 5.41) is 6.60. The number of ether oxygens (including phenoxy) is 2. The first-order valence-electron chi connectivity index (χ1n) is 9.21. The maximum Gasteiger partial charge on any atom is 0.191 e. The van der Waals surface area contributed by atoms with Crippen LogP contribution >= 0.6 is 24.0 Å². The Hall–Kier alpha value is -1.64. The van der Waals surface area contributed by atoms with E-state index < -0.39 is 0 Å². The molecule has 0 saturated heterocycles. The topological polar surface area (TPSA) is 54.9 Å². The summed E-state index contributed by atoms with van der Waals surface area (Å²) >= 11 is 0. The predicted octanol–water partition coefficient (Wildman–Crippen LogP) is 4.11. The molecule has 2 N–H and O–H groups in total. The Morgan fingerprint density at radius 1 is 0.893 bits per heavy atom. The fourth-order valence-electron chi connectivity index (χ4n) is 2.39. The van der Waals surface area contributed by atoms with E-state index in [1.54, 1.807) is 14.2 Å². The van der Waals surface area contributed by atoms with E-state index in [1.165, 1.54) is 16.7 Å². The summed E-state index contributed by atoms with van der Waals surface area (Å²) in [6, 6.07) is 18.6. The molecule has 2 aromatic rings. The average Bonchev–Trinajstić information content (AvgIpc) is 2.70. The summed E-state index contributed by atoms with van der Waals surface area (Å²) in [6.07, 6.45) is 0. The van der Waals surface area contributed by atoms with Gasteiger partial charge in [-0.1, -0.05) is 54.6 Å². The number of nitrogens with one attached hydrogen (secondary N) is 2. The van der Waals surface area contributed by atoms with Gasteiger partial charge in [-0.2, -0.15) is 0 Å². The lowest BCUT2D eigenvalue weighted by atomic mass is 10.1. The minimum Gasteiger partial charge on any atom is -0.377 e. The first kappa shape index (κ1) is 24.4. The molecule has 0 fully saturated rings. The van der Waals surface area contributed by atoms with Gasteiger partial charge in [-0.05, 0) is 30.5 Å². The molecule has 0 heterocycles. The molecule has 0 aromatic heterocycles. The Bertz CT molecular complexity index is 703. The summed E-state index contributed by atoms with van der Waals surface area (Å²) in [4.78, 5) is 4.25. The van der Waals surface area contributed by atoms with E-state index in [1.807, 2.05) is 32.0 Å². The van der Waals surface area contributed by atoms with Gasteiger partial charge in [0.25, 0.3) is 0 Å². The van der Waals surface area contributed by atoms with E-state index in [0.29, 0.717) is 26.3 Å². The lowest BCUT2D eigenvalue weighted by Crippen LogP contribution is -2.45. The molecule has 154 valence electrons. The van der Waals surface area contributed by atoms with Crippen LogP contribution in [0.25, 0.3) is 0 Å². The number of guanidine groups is 1. The molecule has 0 radical (unpaired) electrons. The third-order valence-corrected chi connectivity index (χ3v) is 4.32. The van der Waals surface area contributed by atoms with Gasteiger partial charge in [0.1, 0.15) is 0 Å². The smallest absolute Gasteiger partial charge is 0.191 e. The van der Waals surface area contributed by atoms with E-state index >= 15 is 0 Å². The second-order valence-electron chi connectivity index (χ2n) is 7.04. The molecular weight excluding hydrogens is 465 g/mol. The number of benzene rings is 2. The fraction of sp³-hybridized carbons (Fsp3) is 0.409. The fourth-order valence-corrected chi connectivity index (χ4v) is 2.39. The number of hydrogen-bond acceptors (Lipinski definition) is 3. The van der Waals surface area contributed by atoms with Gasteiger partial charge < -0.3 is 20.1 Å². The third kappa shape index (κ3) is 9.03. The molecule has 28 heavy (non-hydrogen) atoms. The number of methoxy groups -OCH3 is 1. The highest BCUT2D eigenvalue weighted by atomic mass is 127. The van der Waals surface area contributed by atoms with Gasteiger partial charge in [0, 0.05) is 27.2 Å². The van der Waals surface area contributed by atoms with Crippen molar-refractivity contribution in [1.29, 1.82) is 0 Å². The Kier molecular flexibility index (Phi) is 11.1. The van der Waals surface area contributed by atoms with Gasteiger partial charge in [0.2, 0.25) is 0 Å². The van der Waals surface area contributed by atoms with Crippen molar-refractivity contribution >= 4 is 29.9 Å². The van der Waals surface area contributed by atoms with Gasteiger partial charge in [-0.25, -0.2) is 0 Å². The zero-order valence-corrected chi connectivity index (χ0v) is 19.5. The minimum atomic E-state index is -0.237. The standard InChI is InChI=1S/C22H31N3O2.HI/c1-22(2,26-4)17-25-21(23-3)24-14-18-10-12-20(13-11-18)16-27-15-19-8-6-5-7-9-19;/h5-13H,14-17H2,1-4H3,(H2,23,24,25);1H. The molecule has 0 bridgehead atoms. The largest absolute Gasteiger partial charge is 0.377 e. The zero-order chi connectivity index (χ0) is 19.5. The molecule has 0 saturated carbocycles. The SMILES string of the molecule is CN=C(NCc1ccc(COCc2ccccc2)cc1)NCC(C)(C)OC.I. The quantitative estimate of drug-likeness (QED) is 0.311. The van der Waals surface area contributed by atoms with Crippen LogP contribution in [0.15, 0.2) is 59.6 Å². The molecule has 0 spiro atoms. The Labute approximate surface area is 186 Å². The molecule has 0 aliphatic carbocycles. The maximum absolute atomic E-state index is 5.78. The average molecular weight is 497 g/mol. The second-order valence-corrected chi connectivity index (χ2v) is 7.04. The normalized spacial score (nSPS) is 11.6. The Balaban J connectivity index is 0.00000392. The Morgan fingerprint density at radius 3 is 2.04 bits per heavy atom. The summed E-state index contributed by atoms with van der Waals surface area (Å²) in [7, 11) is 3.48. The summed E-state index contributed by atoms with van der Waals surface area (Å²) in [5.74, 6) is 0.760. The molecule has 2 aromatic carbocycles. The number of hydrogen-bond donors (Lipinski definition) is 2. The highest BCUT2D eigenvalue weighted by Crippen LogP contribution is 2.08.